The van der Waals surface area contributed by atoms with Gasteiger partial charge in [-0.05, 0) is 24.6 Å². The van der Waals surface area contributed by atoms with Crippen molar-refractivity contribution < 1.29 is 14.6 Å². The van der Waals surface area contributed by atoms with E-state index in [0.717, 1.165) is 31.9 Å². The van der Waals surface area contributed by atoms with E-state index in [0.29, 0.717) is 17.3 Å². The molecule has 4 nitrogen and oxygen atoms in total. The Balaban J connectivity index is 1.77. The van der Waals surface area contributed by atoms with Crippen molar-refractivity contribution in [2.75, 3.05) is 39.5 Å². The largest absolute Gasteiger partial charge is 0.489 e. The van der Waals surface area contributed by atoms with Crippen molar-refractivity contribution in [3.8, 4) is 5.75 Å². The van der Waals surface area contributed by atoms with Crippen molar-refractivity contribution in [1.82, 2.24) is 4.90 Å². The maximum Gasteiger partial charge on any atom is 0.138 e. The van der Waals surface area contributed by atoms with Gasteiger partial charge in [0.05, 0.1) is 18.2 Å². The minimum absolute atomic E-state index is 0.250. The van der Waals surface area contributed by atoms with Gasteiger partial charge in [-0.2, -0.15) is 0 Å². The first kappa shape index (κ1) is 14.6. The van der Waals surface area contributed by atoms with Crippen LogP contribution in [0.4, 0.5) is 0 Å². The van der Waals surface area contributed by atoms with E-state index in [4.69, 9.17) is 21.1 Å². The standard InChI is InChI=1S/C14H20ClNO3/c1-11-2-3-14(13(15)8-11)19-10-12(17)9-16-4-6-18-7-5-16/h2-3,8,12,17H,4-7,9-10H2,1H3/t12-/m0/s1. The zero-order valence-corrected chi connectivity index (χ0v) is 11.9. The van der Waals surface area contributed by atoms with Crippen LogP contribution in [0.25, 0.3) is 0 Å². The first-order valence-electron chi connectivity index (χ1n) is 6.52. The summed E-state index contributed by atoms with van der Waals surface area (Å²) in [6.07, 6.45) is -0.518. The van der Waals surface area contributed by atoms with Gasteiger partial charge in [-0.15, -0.1) is 0 Å². The third-order valence-corrected chi connectivity index (χ3v) is 3.39. The fourth-order valence-corrected chi connectivity index (χ4v) is 2.33. The molecule has 0 bridgehead atoms. The Morgan fingerprint density at radius 1 is 1.42 bits per heavy atom. The number of β-amino-alcohol motifs (C(OH)–C–C–N with tert-alkyl or cyclic N) is 1. The molecule has 19 heavy (non-hydrogen) atoms. The van der Waals surface area contributed by atoms with Crippen LogP contribution >= 0.6 is 11.6 Å². The summed E-state index contributed by atoms with van der Waals surface area (Å²) in [4.78, 5) is 2.17. The number of aliphatic hydroxyl groups excluding tert-OH is 1. The van der Waals surface area contributed by atoms with E-state index in [1.807, 2.05) is 25.1 Å². The van der Waals surface area contributed by atoms with Gasteiger partial charge in [0.2, 0.25) is 0 Å². The van der Waals surface area contributed by atoms with E-state index >= 15 is 0 Å². The van der Waals surface area contributed by atoms with Gasteiger partial charge in [-0.3, -0.25) is 4.90 Å². The number of nitrogens with zero attached hydrogens (tertiary/aromatic N) is 1. The maximum atomic E-state index is 9.96. The molecule has 2 rings (SSSR count). The highest BCUT2D eigenvalue weighted by molar-refractivity contribution is 6.32. The highest BCUT2D eigenvalue weighted by atomic mass is 35.5. The topological polar surface area (TPSA) is 41.9 Å². The molecule has 106 valence electrons. The summed E-state index contributed by atoms with van der Waals surface area (Å²) in [5.41, 5.74) is 1.09. The Morgan fingerprint density at radius 3 is 2.84 bits per heavy atom. The zero-order chi connectivity index (χ0) is 13.7. The normalized spacial score (nSPS) is 18.3. The number of benzene rings is 1. The summed E-state index contributed by atoms with van der Waals surface area (Å²) < 4.78 is 10.8. The van der Waals surface area contributed by atoms with Crippen molar-refractivity contribution in [3.05, 3.63) is 28.8 Å². The van der Waals surface area contributed by atoms with E-state index in [1.165, 1.54) is 0 Å². The van der Waals surface area contributed by atoms with Crippen LogP contribution in [-0.2, 0) is 4.74 Å². The number of ether oxygens (including phenoxy) is 2. The first-order valence-corrected chi connectivity index (χ1v) is 6.90. The molecule has 1 N–H and O–H groups in total. The maximum absolute atomic E-state index is 9.96. The van der Waals surface area contributed by atoms with E-state index in [-0.39, 0.29) is 6.61 Å². The molecule has 1 aromatic carbocycles. The number of rotatable bonds is 5. The number of hydrogen-bond donors (Lipinski definition) is 1. The molecule has 1 atom stereocenters. The second-order valence-electron chi connectivity index (χ2n) is 4.81. The number of hydrogen-bond acceptors (Lipinski definition) is 4. The number of morpholine rings is 1. The molecule has 0 aliphatic carbocycles. The molecule has 1 aromatic rings. The Bertz CT molecular complexity index is 408. The molecular formula is C14H20ClNO3. The van der Waals surface area contributed by atoms with Crippen molar-refractivity contribution >= 4 is 11.6 Å². The Labute approximate surface area is 118 Å². The molecule has 0 amide bonds. The Morgan fingerprint density at radius 2 is 2.16 bits per heavy atom. The molecule has 0 aromatic heterocycles. The molecule has 0 spiro atoms. The minimum Gasteiger partial charge on any atom is -0.489 e. The van der Waals surface area contributed by atoms with Crippen molar-refractivity contribution in [2.45, 2.75) is 13.0 Å². The van der Waals surface area contributed by atoms with Gasteiger partial charge in [0.1, 0.15) is 18.5 Å². The highest BCUT2D eigenvalue weighted by Crippen LogP contribution is 2.25. The van der Waals surface area contributed by atoms with Crippen molar-refractivity contribution in [1.29, 1.82) is 0 Å². The van der Waals surface area contributed by atoms with Gasteiger partial charge in [-0.1, -0.05) is 17.7 Å². The highest BCUT2D eigenvalue weighted by Gasteiger charge is 2.15. The van der Waals surface area contributed by atoms with Crippen LogP contribution < -0.4 is 4.74 Å². The summed E-state index contributed by atoms with van der Waals surface area (Å²) in [5.74, 6) is 0.619. The SMILES string of the molecule is Cc1ccc(OC[C@@H](O)CN2CCOCC2)c(Cl)c1. The van der Waals surface area contributed by atoms with Crippen LogP contribution in [0, 0.1) is 6.92 Å². The molecule has 0 unspecified atom stereocenters. The molecule has 0 radical (unpaired) electrons. The molecule has 0 saturated carbocycles. The third kappa shape index (κ3) is 4.66. The monoisotopic (exact) mass is 285 g/mol. The number of aryl methyl sites for hydroxylation is 1. The average molecular weight is 286 g/mol. The molecule has 1 saturated heterocycles. The molecule has 1 aliphatic heterocycles. The van der Waals surface area contributed by atoms with Crippen LogP contribution in [0.5, 0.6) is 5.75 Å². The quantitative estimate of drug-likeness (QED) is 0.894. The lowest BCUT2D eigenvalue weighted by molar-refractivity contribution is 0.00466. The summed E-state index contributed by atoms with van der Waals surface area (Å²) in [6.45, 7) is 6.02. The van der Waals surface area contributed by atoms with Gasteiger partial charge in [0, 0.05) is 19.6 Å². The molecular weight excluding hydrogens is 266 g/mol. The smallest absolute Gasteiger partial charge is 0.138 e. The van der Waals surface area contributed by atoms with Crippen molar-refractivity contribution in [2.24, 2.45) is 0 Å². The fourth-order valence-electron chi connectivity index (χ4n) is 2.04. The fraction of sp³-hybridized carbons (Fsp3) is 0.571. The van der Waals surface area contributed by atoms with Crippen LogP contribution in [0.2, 0.25) is 5.02 Å². The van der Waals surface area contributed by atoms with Gasteiger partial charge in [0.25, 0.3) is 0 Å². The summed E-state index contributed by atoms with van der Waals surface area (Å²) >= 11 is 6.07. The Hall–Kier alpha value is -0.810. The second kappa shape index (κ2) is 7.10. The second-order valence-corrected chi connectivity index (χ2v) is 5.22. The predicted octanol–water partition coefficient (Wildman–Crippen LogP) is 1.72. The van der Waals surface area contributed by atoms with Crippen LogP contribution in [0.1, 0.15) is 5.56 Å². The van der Waals surface area contributed by atoms with Gasteiger partial charge >= 0.3 is 0 Å². The summed E-state index contributed by atoms with van der Waals surface area (Å²) in [6, 6.07) is 5.62. The van der Waals surface area contributed by atoms with Gasteiger partial charge in [0.15, 0.2) is 0 Å². The molecule has 1 aliphatic rings. The molecule has 1 heterocycles. The predicted molar refractivity (Wildman–Crippen MR) is 74.9 cm³/mol. The van der Waals surface area contributed by atoms with Gasteiger partial charge < -0.3 is 14.6 Å². The summed E-state index contributed by atoms with van der Waals surface area (Å²) in [5, 5.41) is 10.5. The zero-order valence-electron chi connectivity index (χ0n) is 11.1. The number of halogens is 1. The lowest BCUT2D eigenvalue weighted by Crippen LogP contribution is -2.42. The van der Waals surface area contributed by atoms with Crippen LogP contribution in [-0.4, -0.2) is 55.6 Å². The van der Waals surface area contributed by atoms with Crippen LogP contribution in [0.15, 0.2) is 18.2 Å². The lowest BCUT2D eigenvalue weighted by atomic mass is 10.2. The van der Waals surface area contributed by atoms with Crippen molar-refractivity contribution in [3.63, 3.8) is 0 Å². The van der Waals surface area contributed by atoms with E-state index in [2.05, 4.69) is 4.90 Å². The minimum atomic E-state index is -0.518. The van der Waals surface area contributed by atoms with E-state index in [1.54, 1.807) is 0 Å². The molecule has 1 fully saturated rings. The Kier molecular flexibility index (Phi) is 5.45. The number of aliphatic hydroxyl groups is 1. The summed E-state index contributed by atoms with van der Waals surface area (Å²) in [7, 11) is 0. The van der Waals surface area contributed by atoms with E-state index < -0.39 is 6.10 Å². The van der Waals surface area contributed by atoms with Gasteiger partial charge in [-0.25, -0.2) is 0 Å². The van der Waals surface area contributed by atoms with Crippen LogP contribution in [0.3, 0.4) is 0 Å². The van der Waals surface area contributed by atoms with E-state index in [9.17, 15) is 5.11 Å². The average Bonchev–Trinajstić information content (AvgIpc) is 2.39. The third-order valence-electron chi connectivity index (χ3n) is 3.09. The lowest BCUT2D eigenvalue weighted by Gasteiger charge is -2.28. The first-order chi connectivity index (χ1) is 9.15. The molecule has 5 heteroatoms.